The van der Waals surface area contributed by atoms with E-state index in [1.165, 1.54) is 0 Å². The Labute approximate surface area is 68.0 Å². The highest BCUT2D eigenvalue weighted by molar-refractivity contribution is 5.76. The fraction of sp³-hybridized carbons (Fsp3) is 0.833. The van der Waals surface area contributed by atoms with Crippen LogP contribution in [-0.2, 0) is 9.53 Å². The highest BCUT2D eigenvalue weighted by Gasteiger charge is 2.43. The Bertz CT molecular complexity index is 179. The van der Waals surface area contributed by atoms with E-state index in [1.807, 2.05) is 0 Å². The Hall–Kier alpha value is -0.690. The fourth-order valence-corrected chi connectivity index (χ4v) is 0.980. The normalized spacial score (nSPS) is 42.5. The predicted octanol–water partition coefficient (Wildman–Crippen LogP) is -3.01. The molecular formula is C6H10O6. The Balaban J connectivity index is 2.70. The fourth-order valence-electron chi connectivity index (χ4n) is 0.980. The zero-order valence-corrected chi connectivity index (χ0v) is 6.12. The number of hydrogen-bond donors (Lipinski definition) is 4. The summed E-state index contributed by atoms with van der Waals surface area (Å²) < 4.78 is 4.38. The highest BCUT2D eigenvalue weighted by atomic mass is 16.6. The van der Waals surface area contributed by atoms with E-state index in [0.29, 0.717) is 0 Å². The summed E-state index contributed by atoms with van der Waals surface area (Å²) >= 11 is 0. The van der Waals surface area contributed by atoms with Crippen LogP contribution < -0.4 is 0 Å². The summed E-state index contributed by atoms with van der Waals surface area (Å²) in [6.07, 6.45) is -5.93. The number of esters is 1. The van der Waals surface area contributed by atoms with Crippen LogP contribution in [-0.4, -0.2) is 57.4 Å². The van der Waals surface area contributed by atoms with Gasteiger partial charge in [0.05, 0.1) is 6.61 Å². The third-order valence-corrected chi connectivity index (χ3v) is 1.74. The van der Waals surface area contributed by atoms with E-state index in [2.05, 4.69) is 4.74 Å². The van der Waals surface area contributed by atoms with E-state index >= 15 is 0 Å². The van der Waals surface area contributed by atoms with Gasteiger partial charge in [0.25, 0.3) is 0 Å². The SMILES string of the molecule is O=C1O[C@H](CO)[C@H](O)[C@H](O)C1O. The van der Waals surface area contributed by atoms with E-state index in [0.717, 1.165) is 0 Å². The van der Waals surface area contributed by atoms with Gasteiger partial charge in [-0.25, -0.2) is 4.79 Å². The molecule has 70 valence electrons. The standard InChI is InChI=1S/C6H10O6/c7-1-2-3(8)4(9)5(10)6(11)12-2/h2-5,7-10H,1H2/t2-,3+,4+,5?/m1/s1. The van der Waals surface area contributed by atoms with Crippen LogP contribution in [0, 0.1) is 0 Å². The molecule has 1 rings (SSSR count). The molecule has 1 heterocycles. The van der Waals surface area contributed by atoms with Gasteiger partial charge in [-0.3, -0.25) is 0 Å². The first-order valence-electron chi connectivity index (χ1n) is 3.43. The number of rotatable bonds is 1. The Kier molecular flexibility index (Phi) is 2.63. The maximum Gasteiger partial charge on any atom is 0.338 e. The molecule has 0 saturated carbocycles. The number of aliphatic hydroxyl groups excluding tert-OH is 4. The van der Waals surface area contributed by atoms with Crippen molar-refractivity contribution in [1.82, 2.24) is 0 Å². The van der Waals surface area contributed by atoms with Crippen molar-refractivity contribution in [1.29, 1.82) is 0 Å². The number of ether oxygens (including phenoxy) is 1. The summed E-state index contributed by atoms with van der Waals surface area (Å²) in [4.78, 5) is 10.7. The molecule has 0 bridgehead atoms. The van der Waals surface area contributed by atoms with Gasteiger partial charge in [-0.15, -0.1) is 0 Å². The quantitative estimate of drug-likeness (QED) is 0.318. The first kappa shape index (κ1) is 9.40. The van der Waals surface area contributed by atoms with E-state index < -0.39 is 37.0 Å². The molecule has 0 aromatic heterocycles. The van der Waals surface area contributed by atoms with Crippen LogP contribution in [0.4, 0.5) is 0 Å². The number of aliphatic hydroxyl groups is 4. The summed E-state index contributed by atoms with van der Waals surface area (Å²) in [7, 11) is 0. The lowest BCUT2D eigenvalue weighted by Crippen LogP contribution is -2.56. The van der Waals surface area contributed by atoms with Gasteiger partial charge in [0.1, 0.15) is 12.2 Å². The minimum Gasteiger partial charge on any atom is -0.455 e. The lowest BCUT2D eigenvalue weighted by atomic mass is 10.0. The molecule has 0 radical (unpaired) electrons. The first-order chi connectivity index (χ1) is 5.57. The third kappa shape index (κ3) is 1.42. The van der Waals surface area contributed by atoms with Crippen molar-refractivity contribution in [2.45, 2.75) is 24.4 Å². The third-order valence-electron chi connectivity index (χ3n) is 1.74. The second kappa shape index (κ2) is 3.36. The van der Waals surface area contributed by atoms with Crippen molar-refractivity contribution < 1.29 is 30.0 Å². The Morgan fingerprint density at radius 2 is 1.83 bits per heavy atom. The van der Waals surface area contributed by atoms with Gasteiger partial charge >= 0.3 is 5.97 Å². The Morgan fingerprint density at radius 3 is 2.33 bits per heavy atom. The van der Waals surface area contributed by atoms with Crippen molar-refractivity contribution in [3.63, 3.8) is 0 Å². The average molecular weight is 178 g/mol. The van der Waals surface area contributed by atoms with E-state index in [-0.39, 0.29) is 0 Å². The molecule has 0 aromatic carbocycles. The molecule has 1 aliphatic rings. The second-order valence-corrected chi connectivity index (χ2v) is 2.58. The lowest BCUT2D eigenvalue weighted by molar-refractivity contribution is -0.206. The summed E-state index contributed by atoms with van der Waals surface area (Å²) in [6.45, 7) is -0.587. The number of cyclic esters (lactones) is 1. The van der Waals surface area contributed by atoms with Gasteiger partial charge in [0, 0.05) is 0 Å². The maximum atomic E-state index is 10.7. The molecule has 1 fully saturated rings. The summed E-state index contributed by atoms with van der Waals surface area (Å²) in [6, 6.07) is 0. The molecule has 12 heavy (non-hydrogen) atoms. The Morgan fingerprint density at radius 1 is 1.25 bits per heavy atom. The summed E-state index contributed by atoms with van der Waals surface area (Å²) in [5.41, 5.74) is 0. The van der Waals surface area contributed by atoms with Gasteiger partial charge in [-0.2, -0.15) is 0 Å². The number of hydrogen-bond acceptors (Lipinski definition) is 6. The zero-order valence-electron chi connectivity index (χ0n) is 6.12. The monoisotopic (exact) mass is 178 g/mol. The second-order valence-electron chi connectivity index (χ2n) is 2.58. The molecular weight excluding hydrogens is 168 g/mol. The summed E-state index contributed by atoms with van der Waals surface area (Å²) in [5, 5.41) is 35.5. The zero-order chi connectivity index (χ0) is 9.30. The molecule has 0 spiro atoms. The smallest absolute Gasteiger partial charge is 0.338 e. The molecule has 1 unspecified atom stereocenters. The van der Waals surface area contributed by atoms with E-state index in [4.69, 9.17) is 20.4 Å². The molecule has 4 atom stereocenters. The minimum atomic E-state index is -1.73. The molecule has 6 nitrogen and oxygen atoms in total. The van der Waals surface area contributed by atoms with Gasteiger partial charge in [-0.1, -0.05) is 0 Å². The number of carbonyl (C=O) groups excluding carboxylic acids is 1. The molecule has 1 saturated heterocycles. The molecule has 6 heteroatoms. The largest absolute Gasteiger partial charge is 0.455 e. The molecule has 0 amide bonds. The van der Waals surface area contributed by atoms with Crippen LogP contribution in [0.25, 0.3) is 0 Å². The molecule has 4 N–H and O–H groups in total. The highest BCUT2D eigenvalue weighted by Crippen LogP contribution is 2.15. The molecule has 1 aliphatic heterocycles. The van der Waals surface area contributed by atoms with Crippen LogP contribution in [0.2, 0.25) is 0 Å². The van der Waals surface area contributed by atoms with Crippen LogP contribution in [0.3, 0.4) is 0 Å². The van der Waals surface area contributed by atoms with Crippen LogP contribution in [0.1, 0.15) is 0 Å². The lowest BCUT2D eigenvalue weighted by Gasteiger charge is -2.32. The minimum absolute atomic E-state index is 0.587. The molecule has 0 aliphatic carbocycles. The van der Waals surface area contributed by atoms with Crippen LogP contribution >= 0.6 is 0 Å². The topological polar surface area (TPSA) is 107 Å². The van der Waals surface area contributed by atoms with Crippen molar-refractivity contribution in [3.05, 3.63) is 0 Å². The van der Waals surface area contributed by atoms with Gasteiger partial charge < -0.3 is 25.2 Å². The van der Waals surface area contributed by atoms with Crippen molar-refractivity contribution in [3.8, 4) is 0 Å². The van der Waals surface area contributed by atoms with E-state index in [1.54, 1.807) is 0 Å². The van der Waals surface area contributed by atoms with Gasteiger partial charge in [0.2, 0.25) is 0 Å². The van der Waals surface area contributed by atoms with Crippen molar-refractivity contribution >= 4 is 5.97 Å². The number of carbonyl (C=O) groups is 1. The van der Waals surface area contributed by atoms with Crippen LogP contribution in [0.5, 0.6) is 0 Å². The van der Waals surface area contributed by atoms with Gasteiger partial charge in [0.15, 0.2) is 12.2 Å². The maximum absolute atomic E-state index is 10.7. The first-order valence-corrected chi connectivity index (χ1v) is 3.43. The van der Waals surface area contributed by atoms with Crippen molar-refractivity contribution in [2.24, 2.45) is 0 Å². The van der Waals surface area contributed by atoms with Gasteiger partial charge in [-0.05, 0) is 0 Å². The van der Waals surface area contributed by atoms with Crippen LogP contribution in [0.15, 0.2) is 0 Å². The van der Waals surface area contributed by atoms with Crippen molar-refractivity contribution in [2.75, 3.05) is 6.61 Å². The predicted molar refractivity (Wildman–Crippen MR) is 35.0 cm³/mol. The molecule has 0 aromatic rings. The summed E-state index contributed by atoms with van der Waals surface area (Å²) in [5.74, 6) is -1.04. The van der Waals surface area contributed by atoms with E-state index in [9.17, 15) is 4.79 Å². The average Bonchev–Trinajstić information content (AvgIpc) is 2.08.